The van der Waals surface area contributed by atoms with Crippen molar-refractivity contribution >= 4 is 11.5 Å². The largest absolute Gasteiger partial charge is 0.355 e. The van der Waals surface area contributed by atoms with E-state index in [0.29, 0.717) is 0 Å². The zero-order valence-electron chi connectivity index (χ0n) is 9.02. The van der Waals surface area contributed by atoms with E-state index in [1.165, 1.54) is 29.8 Å². The van der Waals surface area contributed by atoms with E-state index in [1.807, 2.05) is 6.07 Å². The van der Waals surface area contributed by atoms with Gasteiger partial charge in [-0.25, -0.2) is 0 Å². The van der Waals surface area contributed by atoms with Crippen LogP contribution in [0.25, 0.3) is 5.65 Å². The highest BCUT2D eigenvalue weighted by Crippen LogP contribution is 2.18. The van der Waals surface area contributed by atoms with Crippen LogP contribution in [-0.4, -0.2) is 27.7 Å². The molecule has 3 rings (SSSR count). The maximum atomic E-state index is 11.5. The molecule has 2 aromatic heterocycles. The van der Waals surface area contributed by atoms with E-state index in [2.05, 4.69) is 15.0 Å². The molecular formula is C11H14N4O. The lowest BCUT2D eigenvalue weighted by Gasteiger charge is -2.26. The SMILES string of the molecule is O=c1cc[nH]c2cc(N3CCCCC3)nn12. The number of fused-ring (bicyclic) bond motifs is 1. The summed E-state index contributed by atoms with van der Waals surface area (Å²) in [5, 5.41) is 4.33. The minimum atomic E-state index is -0.0861. The Morgan fingerprint density at radius 2 is 2.06 bits per heavy atom. The predicted molar refractivity (Wildman–Crippen MR) is 61.9 cm³/mol. The van der Waals surface area contributed by atoms with Crippen LogP contribution in [0.1, 0.15) is 19.3 Å². The lowest BCUT2D eigenvalue weighted by Crippen LogP contribution is -2.29. The average Bonchev–Trinajstić information content (AvgIpc) is 2.76. The maximum Gasteiger partial charge on any atom is 0.274 e. The van der Waals surface area contributed by atoms with Crippen LogP contribution in [0.15, 0.2) is 23.1 Å². The fourth-order valence-corrected chi connectivity index (χ4v) is 2.19. The number of H-pyrrole nitrogens is 1. The summed E-state index contributed by atoms with van der Waals surface area (Å²) >= 11 is 0. The summed E-state index contributed by atoms with van der Waals surface area (Å²) in [4.78, 5) is 16.8. The monoisotopic (exact) mass is 218 g/mol. The molecule has 2 aromatic rings. The summed E-state index contributed by atoms with van der Waals surface area (Å²) in [5.41, 5.74) is 0.671. The van der Waals surface area contributed by atoms with Crippen molar-refractivity contribution in [2.24, 2.45) is 0 Å². The summed E-state index contributed by atoms with van der Waals surface area (Å²) in [6, 6.07) is 3.42. The van der Waals surface area contributed by atoms with Crippen molar-refractivity contribution in [1.29, 1.82) is 0 Å². The number of hydrogen-bond donors (Lipinski definition) is 1. The van der Waals surface area contributed by atoms with Gasteiger partial charge in [-0.2, -0.15) is 4.52 Å². The number of piperidine rings is 1. The molecule has 0 unspecified atom stereocenters. The molecule has 3 heterocycles. The molecule has 0 amide bonds. The smallest absolute Gasteiger partial charge is 0.274 e. The molecule has 0 atom stereocenters. The van der Waals surface area contributed by atoms with Gasteiger partial charge in [0.25, 0.3) is 5.56 Å². The molecule has 0 bridgehead atoms. The predicted octanol–water partition coefficient (Wildman–Crippen LogP) is 1.01. The van der Waals surface area contributed by atoms with Crippen molar-refractivity contribution in [2.45, 2.75) is 19.3 Å². The molecule has 0 spiro atoms. The number of aromatic nitrogens is 3. The minimum absolute atomic E-state index is 0.0861. The first-order valence-corrected chi connectivity index (χ1v) is 5.67. The van der Waals surface area contributed by atoms with Gasteiger partial charge >= 0.3 is 0 Å². The second kappa shape index (κ2) is 3.66. The van der Waals surface area contributed by atoms with Gasteiger partial charge in [-0.15, -0.1) is 5.10 Å². The fraction of sp³-hybridized carbons (Fsp3) is 0.455. The average molecular weight is 218 g/mol. The molecule has 1 aliphatic heterocycles. The summed E-state index contributed by atoms with van der Waals surface area (Å²) in [7, 11) is 0. The van der Waals surface area contributed by atoms with E-state index < -0.39 is 0 Å². The number of aromatic amines is 1. The zero-order chi connectivity index (χ0) is 11.0. The van der Waals surface area contributed by atoms with Crippen LogP contribution >= 0.6 is 0 Å². The molecule has 0 aromatic carbocycles. The van der Waals surface area contributed by atoms with Crippen molar-refractivity contribution in [3.8, 4) is 0 Å². The molecule has 5 heteroatoms. The molecule has 16 heavy (non-hydrogen) atoms. The van der Waals surface area contributed by atoms with E-state index in [-0.39, 0.29) is 5.56 Å². The van der Waals surface area contributed by atoms with Gasteiger partial charge < -0.3 is 9.88 Å². The minimum Gasteiger partial charge on any atom is -0.355 e. The van der Waals surface area contributed by atoms with Gasteiger partial charge in [-0.05, 0) is 19.3 Å². The van der Waals surface area contributed by atoms with Crippen LogP contribution in [0.3, 0.4) is 0 Å². The quantitative estimate of drug-likeness (QED) is 0.777. The first kappa shape index (κ1) is 9.45. The number of anilines is 1. The van der Waals surface area contributed by atoms with Crippen LogP contribution in [0.4, 0.5) is 5.82 Å². The fourth-order valence-electron chi connectivity index (χ4n) is 2.19. The number of nitrogens with zero attached hydrogens (tertiary/aromatic N) is 3. The molecule has 0 aliphatic carbocycles. The highest BCUT2D eigenvalue weighted by molar-refractivity contribution is 5.51. The van der Waals surface area contributed by atoms with E-state index in [9.17, 15) is 4.79 Å². The first-order valence-electron chi connectivity index (χ1n) is 5.67. The third kappa shape index (κ3) is 1.48. The van der Waals surface area contributed by atoms with Gasteiger partial charge in [-0.3, -0.25) is 4.79 Å². The standard InChI is InChI=1S/C11H14N4O/c16-11-4-5-12-9-8-10(13-15(9)11)14-6-2-1-3-7-14/h4-5,8,12H,1-3,6-7H2. The molecule has 1 aliphatic rings. The molecule has 1 fully saturated rings. The number of hydrogen-bond acceptors (Lipinski definition) is 3. The van der Waals surface area contributed by atoms with Crippen molar-refractivity contribution in [3.63, 3.8) is 0 Å². The number of rotatable bonds is 1. The van der Waals surface area contributed by atoms with Crippen molar-refractivity contribution in [3.05, 3.63) is 28.7 Å². The summed E-state index contributed by atoms with van der Waals surface area (Å²) < 4.78 is 1.42. The van der Waals surface area contributed by atoms with Gasteiger partial charge in [0.2, 0.25) is 0 Å². The van der Waals surface area contributed by atoms with Crippen molar-refractivity contribution in [2.75, 3.05) is 18.0 Å². The van der Waals surface area contributed by atoms with Gasteiger partial charge in [-0.1, -0.05) is 0 Å². The second-order valence-corrected chi connectivity index (χ2v) is 4.16. The topological polar surface area (TPSA) is 53.4 Å². The summed E-state index contributed by atoms with van der Waals surface area (Å²) in [6.45, 7) is 2.08. The third-order valence-electron chi connectivity index (χ3n) is 3.04. The van der Waals surface area contributed by atoms with Crippen LogP contribution < -0.4 is 10.5 Å². The third-order valence-corrected chi connectivity index (χ3v) is 3.04. The molecule has 0 radical (unpaired) electrons. The van der Waals surface area contributed by atoms with Crippen molar-refractivity contribution in [1.82, 2.24) is 14.6 Å². The normalized spacial score (nSPS) is 16.9. The Kier molecular flexibility index (Phi) is 2.16. The van der Waals surface area contributed by atoms with Crippen LogP contribution in [0.2, 0.25) is 0 Å². The molecule has 1 N–H and O–H groups in total. The van der Waals surface area contributed by atoms with Crippen LogP contribution in [0, 0.1) is 0 Å². The first-order chi connectivity index (χ1) is 7.84. The Morgan fingerprint density at radius 1 is 1.25 bits per heavy atom. The molecule has 84 valence electrons. The summed E-state index contributed by atoms with van der Waals surface area (Å²) in [5.74, 6) is 0.902. The highest BCUT2D eigenvalue weighted by atomic mass is 16.1. The Labute approximate surface area is 92.7 Å². The van der Waals surface area contributed by atoms with Gasteiger partial charge in [0.05, 0.1) is 0 Å². The summed E-state index contributed by atoms with van der Waals surface area (Å²) in [6.07, 6.45) is 5.37. The lowest BCUT2D eigenvalue weighted by atomic mass is 10.1. The Balaban J connectivity index is 2.04. The van der Waals surface area contributed by atoms with Crippen LogP contribution in [0.5, 0.6) is 0 Å². The van der Waals surface area contributed by atoms with E-state index >= 15 is 0 Å². The second-order valence-electron chi connectivity index (χ2n) is 4.16. The molecule has 5 nitrogen and oxygen atoms in total. The Bertz CT molecular complexity index is 550. The maximum absolute atomic E-state index is 11.5. The van der Waals surface area contributed by atoms with E-state index in [1.54, 1.807) is 6.20 Å². The van der Waals surface area contributed by atoms with Gasteiger partial charge in [0.1, 0.15) is 5.65 Å². The van der Waals surface area contributed by atoms with Crippen LogP contribution in [-0.2, 0) is 0 Å². The molecule has 0 saturated carbocycles. The molecule has 1 saturated heterocycles. The Morgan fingerprint density at radius 3 is 2.81 bits per heavy atom. The Hall–Kier alpha value is -1.78. The van der Waals surface area contributed by atoms with Gasteiger partial charge in [0, 0.05) is 31.4 Å². The lowest BCUT2D eigenvalue weighted by molar-refractivity contribution is 0.572. The van der Waals surface area contributed by atoms with E-state index in [0.717, 1.165) is 24.6 Å². The zero-order valence-corrected chi connectivity index (χ0v) is 9.02. The highest BCUT2D eigenvalue weighted by Gasteiger charge is 2.14. The number of nitrogens with one attached hydrogen (secondary N) is 1. The van der Waals surface area contributed by atoms with Gasteiger partial charge in [0.15, 0.2) is 5.82 Å². The van der Waals surface area contributed by atoms with Crippen molar-refractivity contribution < 1.29 is 0 Å². The van der Waals surface area contributed by atoms with E-state index in [4.69, 9.17) is 0 Å². The molecular weight excluding hydrogens is 204 g/mol.